The molecule has 0 saturated heterocycles. The molecule has 8 heteroatoms. The molecule has 0 saturated carbocycles. The van der Waals surface area contributed by atoms with Crippen LogP contribution in [0.3, 0.4) is 0 Å². The number of fused-ring (bicyclic) bond motifs is 1. The van der Waals surface area contributed by atoms with Crippen molar-refractivity contribution < 1.29 is 9.47 Å². The maximum atomic E-state index is 5.44. The first-order valence-electron chi connectivity index (χ1n) is 10.3. The van der Waals surface area contributed by atoms with Gasteiger partial charge in [-0.05, 0) is 55.2 Å². The molecule has 0 spiro atoms. The monoisotopic (exact) mass is 533 g/mol. The Kier molecular flexibility index (Phi) is 8.57. The molecule has 2 aromatic carbocycles. The van der Waals surface area contributed by atoms with Crippen molar-refractivity contribution in [1.82, 2.24) is 20.4 Å². The van der Waals surface area contributed by atoms with E-state index in [0.717, 1.165) is 49.1 Å². The summed E-state index contributed by atoms with van der Waals surface area (Å²) < 4.78 is 12.7. The number of aromatic nitrogens is 2. The van der Waals surface area contributed by atoms with Gasteiger partial charge in [-0.3, -0.25) is 4.99 Å². The van der Waals surface area contributed by atoms with E-state index in [0.29, 0.717) is 13.3 Å². The summed E-state index contributed by atoms with van der Waals surface area (Å²) >= 11 is 0. The minimum absolute atomic E-state index is 0. The lowest BCUT2D eigenvalue weighted by atomic mass is 10.1. The summed E-state index contributed by atoms with van der Waals surface area (Å²) in [4.78, 5) is 4.69. The summed E-state index contributed by atoms with van der Waals surface area (Å²) in [6, 6.07) is 16.2. The molecule has 2 N–H and O–H groups in total. The zero-order valence-corrected chi connectivity index (χ0v) is 19.9. The lowest BCUT2D eigenvalue weighted by molar-refractivity contribution is 0.174. The summed E-state index contributed by atoms with van der Waals surface area (Å²) in [5, 5.41) is 11.2. The van der Waals surface area contributed by atoms with Gasteiger partial charge in [0.2, 0.25) is 6.79 Å². The van der Waals surface area contributed by atoms with E-state index in [1.54, 1.807) is 0 Å². The van der Waals surface area contributed by atoms with Gasteiger partial charge < -0.3 is 20.1 Å². The van der Waals surface area contributed by atoms with E-state index in [-0.39, 0.29) is 24.0 Å². The van der Waals surface area contributed by atoms with Crippen LogP contribution in [0.5, 0.6) is 11.5 Å². The van der Waals surface area contributed by atoms with Crippen LogP contribution in [0.25, 0.3) is 5.69 Å². The molecule has 2 heterocycles. The van der Waals surface area contributed by atoms with Crippen molar-refractivity contribution in [1.29, 1.82) is 0 Å². The van der Waals surface area contributed by atoms with Gasteiger partial charge in [0.05, 0.1) is 11.9 Å². The Labute approximate surface area is 199 Å². The third kappa shape index (κ3) is 6.36. The normalized spacial score (nSPS) is 12.4. The van der Waals surface area contributed by atoms with Crippen LogP contribution in [0.4, 0.5) is 0 Å². The summed E-state index contributed by atoms with van der Waals surface area (Å²) in [5.74, 6) is 2.46. The Hall–Kier alpha value is -2.75. The van der Waals surface area contributed by atoms with Crippen LogP contribution in [0.2, 0.25) is 0 Å². The van der Waals surface area contributed by atoms with Crippen molar-refractivity contribution >= 4 is 29.9 Å². The van der Waals surface area contributed by atoms with E-state index >= 15 is 0 Å². The van der Waals surface area contributed by atoms with Crippen molar-refractivity contribution in [2.45, 2.75) is 19.8 Å². The van der Waals surface area contributed by atoms with Crippen LogP contribution in [-0.4, -0.2) is 42.2 Å². The molecule has 0 aliphatic carbocycles. The van der Waals surface area contributed by atoms with E-state index in [4.69, 9.17) is 9.47 Å². The van der Waals surface area contributed by atoms with Crippen molar-refractivity contribution in [2.75, 3.05) is 26.4 Å². The number of nitrogens with one attached hydrogen (secondary N) is 2. The van der Waals surface area contributed by atoms with Gasteiger partial charge in [-0.2, -0.15) is 5.10 Å². The highest BCUT2D eigenvalue weighted by Gasteiger charge is 2.12. The zero-order valence-electron chi connectivity index (χ0n) is 17.6. The molecule has 0 radical (unpaired) electrons. The number of ether oxygens (including phenoxy) is 2. The summed E-state index contributed by atoms with van der Waals surface area (Å²) in [6.45, 7) is 4.67. The number of aliphatic imine (C=N–C) groups is 1. The van der Waals surface area contributed by atoms with Crippen LogP contribution < -0.4 is 20.1 Å². The van der Waals surface area contributed by atoms with Gasteiger partial charge in [-0.15, -0.1) is 24.0 Å². The molecule has 1 aromatic heterocycles. The molecule has 7 nitrogen and oxygen atoms in total. The van der Waals surface area contributed by atoms with Gasteiger partial charge in [0.25, 0.3) is 0 Å². The minimum atomic E-state index is 0. The highest BCUT2D eigenvalue weighted by atomic mass is 127. The zero-order chi connectivity index (χ0) is 20.6. The molecule has 0 unspecified atom stereocenters. The van der Waals surface area contributed by atoms with E-state index in [9.17, 15) is 0 Å². The maximum Gasteiger partial charge on any atom is 0.231 e. The van der Waals surface area contributed by atoms with Crippen molar-refractivity contribution in [3.63, 3.8) is 0 Å². The molecule has 1 aliphatic heterocycles. The second-order valence-corrected chi connectivity index (χ2v) is 7.00. The van der Waals surface area contributed by atoms with E-state index < -0.39 is 0 Å². The molecule has 0 fully saturated rings. The van der Waals surface area contributed by atoms with E-state index in [1.165, 1.54) is 11.1 Å². The van der Waals surface area contributed by atoms with Gasteiger partial charge in [0, 0.05) is 25.8 Å². The van der Waals surface area contributed by atoms with Crippen LogP contribution >= 0.6 is 24.0 Å². The van der Waals surface area contributed by atoms with Crippen LogP contribution in [-0.2, 0) is 12.8 Å². The average Bonchev–Trinajstić information content (AvgIpc) is 3.43. The second kappa shape index (κ2) is 11.6. The first kappa shape index (κ1) is 22.9. The predicted octanol–water partition coefficient (Wildman–Crippen LogP) is 3.56. The standard InChI is InChI=1S/C23H27N5O2.HI/c1-2-24-23(25-12-10-18-8-9-21-22(14-18)30-17-29-21)26-13-11-19-15-27-28(16-19)20-6-4-3-5-7-20;/h3-9,14-16H,2,10-13,17H2,1H3,(H2,24,25,26);1H. The maximum absolute atomic E-state index is 5.44. The topological polar surface area (TPSA) is 72.7 Å². The number of hydrogen-bond acceptors (Lipinski definition) is 4. The predicted molar refractivity (Wildman–Crippen MR) is 133 cm³/mol. The Bertz CT molecular complexity index is 991. The Morgan fingerprint density at radius 1 is 1.03 bits per heavy atom. The fourth-order valence-corrected chi connectivity index (χ4v) is 3.27. The second-order valence-electron chi connectivity index (χ2n) is 7.00. The summed E-state index contributed by atoms with van der Waals surface area (Å²) in [6.07, 6.45) is 5.70. The Balaban J connectivity index is 0.00000272. The number of hydrogen-bond donors (Lipinski definition) is 2. The number of para-hydroxylation sites is 1. The Morgan fingerprint density at radius 3 is 2.71 bits per heavy atom. The third-order valence-electron chi connectivity index (χ3n) is 4.81. The Morgan fingerprint density at radius 2 is 1.87 bits per heavy atom. The van der Waals surface area contributed by atoms with Gasteiger partial charge >= 0.3 is 0 Å². The average molecular weight is 533 g/mol. The highest BCUT2D eigenvalue weighted by molar-refractivity contribution is 14.0. The largest absolute Gasteiger partial charge is 0.454 e. The number of halogens is 1. The van der Waals surface area contributed by atoms with Crippen LogP contribution in [0.1, 0.15) is 18.1 Å². The van der Waals surface area contributed by atoms with Gasteiger partial charge in [-0.1, -0.05) is 24.3 Å². The molecule has 1 aliphatic rings. The smallest absolute Gasteiger partial charge is 0.231 e. The fraction of sp³-hybridized carbons (Fsp3) is 0.304. The highest BCUT2D eigenvalue weighted by Crippen LogP contribution is 2.32. The summed E-state index contributed by atoms with van der Waals surface area (Å²) in [5.41, 5.74) is 3.44. The number of nitrogens with zero attached hydrogens (tertiary/aromatic N) is 3. The summed E-state index contributed by atoms with van der Waals surface area (Å²) in [7, 11) is 0. The fourth-order valence-electron chi connectivity index (χ4n) is 3.27. The van der Waals surface area contributed by atoms with Crippen molar-refractivity contribution in [3.8, 4) is 17.2 Å². The quantitative estimate of drug-likeness (QED) is 0.263. The van der Waals surface area contributed by atoms with Gasteiger partial charge in [0.15, 0.2) is 17.5 Å². The van der Waals surface area contributed by atoms with E-state index in [2.05, 4.69) is 39.9 Å². The van der Waals surface area contributed by atoms with Crippen LogP contribution in [0, 0.1) is 0 Å². The minimum Gasteiger partial charge on any atom is -0.454 e. The number of guanidine groups is 1. The molecule has 0 amide bonds. The van der Waals surface area contributed by atoms with Gasteiger partial charge in [-0.25, -0.2) is 4.68 Å². The van der Waals surface area contributed by atoms with E-state index in [1.807, 2.05) is 53.3 Å². The molecular formula is C23H28IN5O2. The number of rotatable bonds is 8. The third-order valence-corrected chi connectivity index (χ3v) is 4.81. The number of benzene rings is 2. The molecular weight excluding hydrogens is 505 g/mol. The van der Waals surface area contributed by atoms with Crippen molar-refractivity contribution in [2.24, 2.45) is 4.99 Å². The SMILES string of the molecule is CCNC(=NCCc1ccc2c(c1)OCO2)NCCc1cnn(-c2ccccc2)c1.I. The molecule has 3 aromatic rings. The molecule has 0 bridgehead atoms. The first-order chi connectivity index (χ1) is 14.8. The molecule has 4 rings (SSSR count). The van der Waals surface area contributed by atoms with Crippen LogP contribution in [0.15, 0.2) is 65.9 Å². The lowest BCUT2D eigenvalue weighted by Gasteiger charge is -2.11. The van der Waals surface area contributed by atoms with Crippen molar-refractivity contribution in [3.05, 3.63) is 72.1 Å². The molecule has 31 heavy (non-hydrogen) atoms. The molecule has 0 atom stereocenters. The van der Waals surface area contributed by atoms with Gasteiger partial charge in [0.1, 0.15) is 0 Å². The molecule has 164 valence electrons. The first-order valence-corrected chi connectivity index (χ1v) is 10.3. The lowest BCUT2D eigenvalue weighted by Crippen LogP contribution is -2.38.